The number of hydrogen-bond donors (Lipinski definition) is 1. The highest BCUT2D eigenvalue weighted by molar-refractivity contribution is 9.10. The molecule has 0 radical (unpaired) electrons. The molecule has 0 heterocycles. The Balaban J connectivity index is 2.13. The van der Waals surface area contributed by atoms with Crippen molar-refractivity contribution in [3.63, 3.8) is 0 Å². The van der Waals surface area contributed by atoms with Crippen LogP contribution in [0.4, 0.5) is 26.3 Å². The summed E-state index contributed by atoms with van der Waals surface area (Å²) >= 11 is 3.32. The van der Waals surface area contributed by atoms with Gasteiger partial charge in [0, 0.05) is 13.0 Å². The van der Waals surface area contributed by atoms with Gasteiger partial charge in [-0.2, -0.15) is 26.3 Å². The Hall–Kier alpha value is -2.71. The summed E-state index contributed by atoms with van der Waals surface area (Å²) in [5, 5.41) is 9.20. The van der Waals surface area contributed by atoms with E-state index >= 15 is 0 Å². The summed E-state index contributed by atoms with van der Waals surface area (Å²) in [6.45, 7) is 3.28. The summed E-state index contributed by atoms with van der Waals surface area (Å²) in [6, 6.07) is 4.91. The molecule has 1 aliphatic carbocycles. The highest BCUT2D eigenvalue weighted by Crippen LogP contribution is 2.47. The zero-order valence-electron chi connectivity index (χ0n) is 19.3. The number of allylic oxidation sites excluding steroid dienone is 5. The van der Waals surface area contributed by atoms with Crippen LogP contribution in [0.2, 0.25) is 0 Å². The standard InChI is InChI=1S/C25H23BrF6O4/c1-3-35-21(22(33)34)14-17-6-7-20(19(26)13-17)36-12-9-16(2)8-11-23(25(30,31)32)10-4-5-18(15-23)24(27,28)29/h4-7,9,13,15,21H,3,10,12,14H2,1-2H3,(H,33,34)/b16-9+/t21-,23?/m0/s1. The van der Waals surface area contributed by atoms with Crippen molar-refractivity contribution in [3.8, 4) is 17.6 Å². The third-order valence-corrected chi connectivity index (χ3v) is 5.76. The van der Waals surface area contributed by atoms with Gasteiger partial charge in [0.05, 0.1) is 10.0 Å². The Kier molecular flexibility index (Phi) is 9.85. The van der Waals surface area contributed by atoms with Crippen LogP contribution in [0, 0.1) is 17.3 Å². The number of benzene rings is 1. The predicted octanol–water partition coefficient (Wildman–Crippen LogP) is 6.81. The van der Waals surface area contributed by atoms with Gasteiger partial charge in [-0.1, -0.05) is 30.1 Å². The average Bonchev–Trinajstić information content (AvgIpc) is 2.77. The molecule has 1 N–H and O–H groups in total. The highest BCUT2D eigenvalue weighted by Gasteiger charge is 2.54. The first-order valence-corrected chi connectivity index (χ1v) is 11.5. The SMILES string of the molecule is CCO[C@@H](Cc1ccc(OC/C=C(\C)C#CC2(C(F)(F)F)C=C(C(F)(F)F)C=CC2)c(Br)c1)C(=O)O. The van der Waals surface area contributed by atoms with Crippen molar-refractivity contribution in [3.05, 3.63) is 63.7 Å². The van der Waals surface area contributed by atoms with Gasteiger partial charge in [-0.05, 0) is 71.6 Å². The van der Waals surface area contributed by atoms with Gasteiger partial charge >= 0.3 is 18.3 Å². The van der Waals surface area contributed by atoms with Gasteiger partial charge in [-0.25, -0.2) is 4.79 Å². The Morgan fingerprint density at radius 1 is 1.28 bits per heavy atom. The van der Waals surface area contributed by atoms with Gasteiger partial charge in [-0.3, -0.25) is 0 Å². The van der Waals surface area contributed by atoms with E-state index in [1.54, 1.807) is 25.1 Å². The van der Waals surface area contributed by atoms with Crippen molar-refractivity contribution in [1.29, 1.82) is 0 Å². The second kappa shape index (κ2) is 12.0. The Labute approximate surface area is 212 Å². The normalized spacial score (nSPS) is 19.2. The lowest BCUT2D eigenvalue weighted by atomic mass is 9.79. The maximum Gasteiger partial charge on any atom is 0.416 e. The van der Waals surface area contributed by atoms with Gasteiger partial charge in [0.2, 0.25) is 0 Å². The van der Waals surface area contributed by atoms with Crippen LogP contribution in [0.1, 0.15) is 25.8 Å². The van der Waals surface area contributed by atoms with E-state index in [0.717, 1.165) is 6.08 Å². The lowest BCUT2D eigenvalue weighted by Gasteiger charge is -2.30. The first-order chi connectivity index (χ1) is 16.7. The van der Waals surface area contributed by atoms with Crippen LogP contribution in [-0.2, 0) is 16.0 Å². The third-order valence-electron chi connectivity index (χ3n) is 5.14. The molecule has 0 spiro atoms. The van der Waals surface area contributed by atoms with Crippen LogP contribution < -0.4 is 4.74 Å². The van der Waals surface area contributed by atoms with Crippen LogP contribution in [0.15, 0.2) is 58.1 Å². The van der Waals surface area contributed by atoms with Gasteiger partial charge < -0.3 is 14.6 Å². The van der Waals surface area contributed by atoms with Crippen LogP contribution >= 0.6 is 15.9 Å². The minimum absolute atomic E-state index is 0.0717. The molecular weight excluding hydrogens is 558 g/mol. The van der Waals surface area contributed by atoms with E-state index in [1.807, 2.05) is 5.92 Å². The second-order valence-electron chi connectivity index (χ2n) is 7.87. The number of carbonyl (C=O) groups is 1. The van der Waals surface area contributed by atoms with E-state index in [1.165, 1.54) is 13.0 Å². The number of alkyl halides is 6. The predicted molar refractivity (Wildman–Crippen MR) is 124 cm³/mol. The van der Waals surface area contributed by atoms with Crippen molar-refractivity contribution in [2.24, 2.45) is 5.41 Å². The maximum atomic E-state index is 13.7. The highest BCUT2D eigenvalue weighted by atomic mass is 79.9. The Bertz CT molecular complexity index is 1110. The van der Waals surface area contributed by atoms with E-state index in [-0.39, 0.29) is 31.3 Å². The molecule has 1 aromatic rings. The van der Waals surface area contributed by atoms with Crippen molar-refractivity contribution < 1.29 is 45.7 Å². The van der Waals surface area contributed by atoms with Gasteiger partial charge in [0.25, 0.3) is 0 Å². The summed E-state index contributed by atoms with van der Waals surface area (Å²) in [5.74, 6) is 3.60. The first kappa shape index (κ1) is 29.5. The molecule has 0 saturated heterocycles. The monoisotopic (exact) mass is 580 g/mol. The largest absolute Gasteiger partial charge is 0.488 e. The molecular formula is C25H23BrF6O4. The topological polar surface area (TPSA) is 55.8 Å². The fourth-order valence-electron chi connectivity index (χ4n) is 3.21. The first-order valence-electron chi connectivity index (χ1n) is 10.7. The lowest BCUT2D eigenvalue weighted by molar-refractivity contribution is -0.186. The van der Waals surface area contributed by atoms with Gasteiger partial charge in [-0.15, -0.1) is 0 Å². The molecule has 0 aromatic heterocycles. The number of carboxylic acid groups (broad SMARTS) is 1. The number of halogens is 7. The summed E-state index contributed by atoms with van der Waals surface area (Å²) in [5.41, 5.74) is -3.48. The zero-order chi connectivity index (χ0) is 27.1. The van der Waals surface area contributed by atoms with Crippen molar-refractivity contribution in [1.82, 2.24) is 0 Å². The summed E-state index contributed by atoms with van der Waals surface area (Å²) in [4.78, 5) is 11.2. The molecule has 0 amide bonds. The smallest absolute Gasteiger partial charge is 0.416 e. The number of ether oxygens (including phenoxy) is 2. The molecule has 0 saturated carbocycles. The van der Waals surface area contributed by atoms with Crippen LogP contribution in [0.5, 0.6) is 5.75 Å². The fraction of sp³-hybridized carbons (Fsp3) is 0.400. The molecule has 1 aromatic carbocycles. The molecule has 2 atom stereocenters. The molecule has 196 valence electrons. The molecule has 1 aliphatic rings. The molecule has 4 nitrogen and oxygen atoms in total. The van der Waals surface area contributed by atoms with E-state index in [2.05, 4.69) is 21.9 Å². The molecule has 2 rings (SSSR count). The minimum Gasteiger partial charge on any atom is -0.488 e. The fourth-order valence-corrected chi connectivity index (χ4v) is 3.76. The van der Waals surface area contributed by atoms with Crippen LogP contribution in [0.3, 0.4) is 0 Å². The summed E-state index contributed by atoms with van der Waals surface area (Å²) < 4.78 is 91.3. The molecule has 11 heteroatoms. The van der Waals surface area contributed by atoms with E-state index in [9.17, 15) is 36.2 Å². The van der Waals surface area contributed by atoms with Gasteiger partial charge in [0.1, 0.15) is 17.8 Å². The number of rotatable bonds is 8. The van der Waals surface area contributed by atoms with Crippen molar-refractivity contribution in [2.75, 3.05) is 13.2 Å². The minimum atomic E-state index is -5.01. The number of hydrogen-bond acceptors (Lipinski definition) is 3. The molecule has 0 fully saturated rings. The van der Waals surface area contributed by atoms with E-state index in [4.69, 9.17) is 9.47 Å². The lowest BCUT2D eigenvalue weighted by Crippen LogP contribution is -2.37. The third kappa shape index (κ3) is 7.90. The van der Waals surface area contributed by atoms with Gasteiger partial charge in [0.15, 0.2) is 6.10 Å². The average molecular weight is 581 g/mol. The van der Waals surface area contributed by atoms with E-state index < -0.39 is 41.8 Å². The Morgan fingerprint density at radius 3 is 2.53 bits per heavy atom. The number of aliphatic carboxylic acids is 1. The van der Waals surface area contributed by atoms with Crippen LogP contribution in [-0.4, -0.2) is 42.7 Å². The molecule has 0 aliphatic heterocycles. The zero-order valence-corrected chi connectivity index (χ0v) is 20.9. The quantitative estimate of drug-likeness (QED) is 0.271. The van der Waals surface area contributed by atoms with E-state index in [0.29, 0.717) is 21.9 Å². The van der Waals surface area contributed by atoms with Crippen LogP contribution in [0.25, 0.3) is 0 Å². The second-order valence-corrected chi connectivity index (χ2v) is 8.73. The van der Waals surface area contributed by atoms with Crippen molar-refractivity contribution in [2.45, 2.75) is 45.1 Å². The summed E-state index contributed by atoms with van der Waals surface area (Å²) in [6.07, 6.45) is -8.55. The Morgan fingerprint density at radius 2 is 1.97 bits per heavy atom. The molecule has 36 heavy (non-hydrogen) atoms. The summed E-state index contributed by atoms with van der Waals surface area (Å²) in [7, 11) is 0. The molecule has 1 unspecified atom stereocenters. The van der Waals surface area contributed by atoms with Crippen molar-refractivity contribution >= 4 is 21.9 Å². The number of carboxylic acids is 1. The maximum absolute atomic E-state index is 13.7. The molecule has 0 bridgehead atoms.